The van der Waals surface area contributed by atoms with Crippen molar-refractivity contribution in [2.24, 2.45) is 5.73 Å². The van der Waals surface area contributed by atoms with E-state index in [1.807, 2.05) is 30.3 Å². The second-order valence-corrected chi connectivity index (χ2v) is 4.85. The summed E-state index contributed by atoms with van der Waals surface area (Å²) in [6.45, 7) is 0.305. The molecule has 2 aromatic carbocycles. The smallest absolute Gasteiger partial charge is 0.128 e. The molecule has 4 heteroatoms. The summed E-state index contributed by atoms with van der Waals surface area (Å²) in [5.41, 5.74) is 6.98. The largest absolute Gasteiger partial charge is 0.491 e. The number of rotatable bonds is 4. The van der Waals surface area contributed by atoms with E-state index >= 15 is 0 Å². The fraction of sp³-hybridized carbons (Fsp3) is 0.143. The van der Waals surface area contributed by atoms with Crippen LogP contribution in [0.2, 0.25) is 0 Å². The van der Waals surface area contributed by atoms with Crippen molar-refractivity contribution in [3.63, 3.8) is 0 Å². The zero-order chi connectivity index (χ0) is 13.0. The Kier molecular flexibility index (Phi) is 4.33. The molecular formula is C14H13BrFNO. The maximum atomic E-state index is 13.1. The Balaban J connectivity index is 1.99. The van der Waals surface area contributed by atoms with Crippen LogP contribution in [0.15, 0.2) is 53.0 Å². The quantitative estimate of drug-likeness (QED) is 0.935. The number of halogens is 2. The fourth-order valence-corrected chi connectivity index (χ4v) is 2.04. The summed E-state index contributed by atoms with van der Waals surface area (Å²) in [7, 11) is 0. The van der Waals surface area contributed by atoms with Crippen LogP contribution in [0.5, 0.6) is 5.75 Å². The molecule has 2 aromatic rings. The van der Waals surface area contributed by atoms with Gasteiger partial charge < -0.3 is 10.5 Å². The SMILES string of the molecule is NC(COc1cc(F)cc(Br)c1)c1ccccc1. The van der Waals surface area contributed by atoms with Gasteiger partial charge >= 0.3 is 0 Å². The lowest BCUT2D eigenvalue weighted by atomic mass is 10.1. The van der Waals surface area contributed by atoms with Gasteiger partial charge in [0.25, 0.3) is 0 Å². The average molecular weight is 310 g/mol. The third-order valence-corrected chi connectivity index (χ3v) is 2.95. The molecule has 0 saturated carbocycles. The van der Waals surface area contributed by atoms with Gasteiger partial charge in [0.2, 0.25) is 0 Å². The van der Waals surface area contributed by atoms with E-state index < -0.39 is 0 Å². The van der Waals surface area contributed by atoms with Crippen molar-refractivity contribution in [1.29, 1.82) is 0 Å². The number of benzene rings is 2. The monoisotopic (exact) mass is 309 g/mol. The van der Waals surface area contributed by atoms with Crippen LogP contribution < -0.4 is 10.5 Å². The van der Waals surface area contributed by atoms with Gasteiger partial charge in [0, 0.05) is 10.5 Å². The Morgan fingerprint density at radius 1 is 1.17 bits per heavy atom. The zero-order valence-corrected chi connectivity index (χ0v) is 11.2. The zero-order valence-electron chi connectivity index (χ0n) is 9.64. The first kappa shape index (κ1) is 13.1. The van der Waals surface area contributed by atoms with E-state index in [2.05, 4.69) is 15.9 Å². The van der Waals surface area contributed by atoms with Crippen molar-refractivity contribution in [1.82, 2.24) is 0 Å². The van der Waals surface area contributed by atoms with E-state index in [9.17, 15) is 4.39 Å². The molecule has 94 valence electrons. The first-order valence-corrected chi connectivity index (χ1v) is 6.34. The normalized spacial score (nSPS) is 12.2. The van der Waals surface area contributed by atoms with Crippen LogP contribution in [-0.2, 0) is 0 Å². The minimum atomic E-state index is -0.340. The van der Waals surface area contributed by atoms with Crippen molar-refractivity contribution in [2.45, 2.75) is 6.04 Å². The molecule has 2 nitrogen and oxygen atoms in total. The van der Waals surface area contributed by atoms with Crippen LogP contribution >= 0.6 is 15.9 Å². The van der Waals surface area contributed by atoms with Crippen LogP contribution in [0.25, 0.3) is 0 Å². The highest BCUT2D eigenvalue weighted by molar-refractivity contribution is 9.10. The predicted octanol–water partition coefficient (Wildman–Crippen LogP) is 3.67. The Bertz CT molecular complexity index is 498. The highest BCUT2D eigenvalue weighted by Crippen LogP contribution is 2.21. The molecule has 0 aliphatic heterocycles. The van der Waals surface area contributed by atoms with Crippen molar-refractivity contribution in [3.8, 4) is 5.75 Å². The van der Waals surface area contributed by atoms with Gasteiger partial charge in [-0.2, -0.15) is 0 Å². The molecule has 18 heavy (non-hydrogen) atoms. The molecule has 2 N–H and O–H groups in total. The minimum absolute atomic E-state index is 0.228. The molecule has 0 spiro atoms. The molecule has 0 bridgehead atoms. The van der Waals surface area contributed by atoms with Crippen LogP contribution in [0.3, 0.4) is 0 Å². The lowest BCUT2D eigenvalue weighted by Gasteiger charge is -2.13. The third kappa shape index (κ3) is 3.55. The second-order valence-electron chi connectivity index (χ2n) is 3.93. The second kappa shape index (κ2) is 5.98. The first-order valence-electron chi connectivity index (χ1n) is 5.54. The van der Waals surface area contributed by atoms with Crippen LogP contribution in [0.4, 0.5) is 4.39 Å². The standard InChI is InChI=1S/C14H13BrFNO/c15-11-6-12(16)8-13(7-11)18-9-14(17)10-4-2-1-3-5-10/h1-8,14H,9,17H2. The maximum absolute atomic E-state index is 13.1. The number of hydrogen-bond donors (Lipinski definition) is 1. The van der Waals surface area contributed by atoms with Crippen molar-refractivity contribution >= 4 is 15.9 Å². The van der Waals surface area contributed by atoms with Gasteiger partial charge in [-0.1, -0.05) is 46.3 Å². The Morgan fingerprint density at radius 2 is 1.89 bits per heavy atom. The number of hydrogen-bond acceptors (Lipinski definition) is 2. The lowest BCUT2D eigenvalue weighted by molar-refractivity contribution is 0.289. The van der Waals surface area contributed by atoms with Gasteiger partial charge in [0.1, 0.15) is 18.2 Å². The molecule has 0 heterocycles. The summed E-state index contributed by atoms with van der Waals surface area (Å²) in [6, 6.07) is 13.9. The van der Waals surface area contributed by atoms with Crippen LogP contribution in [-0.4, -0.2) is 6.61 Å². The summed E-state index contributed by atoms with van der Waals surface area (Å²) < 4.78 is 19.3. The molecule has 2 rings (SSSR count). The van der Waals surface area contributed by atoms with E-state index in [1.165, 1.54) is 12.1 Å². The topological polar surface area (TPSA) is 35.2 Å². The average Bonchev–Trinajstić information content (AvgIpc) is 2.36. The number of nitrogens with two attached hydrogens (primary N) is 1. The molecule has 1 atom stereocenters. The van der Waals surface area contributed by atoms with Crippen molar-refractivity contribution in [3.05, 3.63) is 64.4 Å². The summed E-state index contributed by atoms with van der Waals surface area (Å²) in [4.78, 5) is 0. The molecule has 0 fully saturated rings. The van der Waals surface area contributed by atoms with Crippen LogP contribution in [0, 0.1) is 5.82 Å². The number of ether oxygens (including phenoxy) is 1. The third-order valence-electron chi connectivity index (χ3n) is 2.49. The van der Waals surface area contributed by atoms with E-state index in [0.717, 1.165) is 5.56 Å². The molecule has 0 amide bonds. The molecule has 0 aliphatic rings. The van der Waals surface area contributed by atoms with Gasteiger partial charge in [-0.15, -0.1) is 0 Å². The van der Waals surface area contributed by atoms with Gasteiger partial charge in [0.05, 0.1) is 6.04 Å². The predicted molar refractivity (Wildman–Crippen MR) is 73.0 cm³/mol. The molecule has 0 aromatic heterocycles. The van der Waals surface area contributed by atoms with Crippen molar-refractivity contribution < 1.29 is 9.13 Å². The molecule has 0 aliphatic carbocycles. The summed E-state index contributed by atoms with van der Waals surface area (Å²) in [5, 5.41) is 0. The highest BCUT2D eigenvalue weighted by Gasteiger charge is 2.07. The molecular weight excluding hydrogens is 297 g/mol. The highest BCUT2D eigenvalue weighted by atomic mass is 79.9. The summed E-state index contributed by atoms with van der Waals surface area (Å²) in [6.07, 6.45) is 0. The summed E-state index contributed by atoms with van der Waals surface area (Å²) >= 11 is 3.21. The van der Waals surface area contributed by atoms with E-state index in [0.29, 0.717) is 16.8 Å². The van der Waals surface area contributed by atoms with E-state index in [4.69, 9.17) is 10.5 Å². The molecule has 0 saturated heterocycles. The lowest BCUT2D eigenvalue weighted by Crippen LogP contribution is -2.18. The molecule has 1 unspecified atom stereocenters. The summed E-state index contributed by atoms with van der Waals surface area (Å²) in [5.74, 6) is 0.126. The Morgan fingerprint density at radius 3 is 2.56 bits per heavy atom. The van der Waals surface area contributed by atoms with Gasteiger partial charge in [-0.25, -0.2) is 4.39 Å². The van der Waals surface area contributed by atoms with E-state index in [-0.39, 0.29) is 11.9 Å². The van der Waals surface area contributed by atoms with Crippen LogP contribution in [0.1, 0.15) is 11.6 Å². The van der Waals surface area contributed by atoms with Gasteiger partial charge in [0.15, 0.2) is 0 Å². The van der Waals surface area contributed by atoms with Gasteiger partial charge in [-0.05, 0) is 17.7 Å². The molecule has 0 radical (unpaired) electrons. The fourth-order valence-electron chi connectivity index (χ4n) is 1.59. The van der Waals surface area contributed by atoms with Gasteiger partial charge in [-0.3, -0.25) is 0 Å². The Labute approximate surface area is 114 Å². The van der Waals surface area contributed by atoms with E-state index in [1.54, 1.807) is 6.07 Å². The van der Waals surface area contributed by atoms with Crippen molar-refractivity contribution in [2.75, 3.05) is 6.61 Å². The first-order chi connectivity index (χ1) is 8.65. The Hall–Kier alpha value is -1.39. The minimum Gasteiger partial charge on any atom is -0.491 e. The maximum Gasteiger partial charge on any atom is 0.128 e.